The Morgan fingerprint density at radius 1 is 1.46 bits per heavy atom. The molecule has 0 aromatic carbocycles. The highest BCUT2D eigenvalue weighted by Crippen LogP contribution is 2.22. The molecule has 3 N–H and O–H groups in total. The van der Waals surface area contributed by atoms with Gasteiger partial charge in [0.1, 0.15) is 5.82 Å². The molecule has 0 aliphatic carbocycles. The fourth-order valence-corrected chi connectivity index (χ4v) is 1.53. The fourth-order valence-electron chi connectivity index (χ4n) is 1.53. The summed E-state index contributed by atoms with van der Waals surface area (Å²) in [5.41, 5.74) is 7.62. The van der Waals surface area contributed by atoms with Crippen LogP contribution in [0.4, 0.5) is 5.82 Å². The average Bonchev–Trinajstić information content (AvgIpc) is 2.67. The van der Waals surface area contributed by atoms with Gasteiger partial charge in [-0.05, 0) is 13.3 Å². The minimum Gasteiger partial charge on any atom is -0.383 e. The van der Waals surface area contributed by atoms with Crippen molar-refractivity contribution in [2.24, 2.45) is 0 Å². The van der Waals surface area contributed by atoms with Crippen LogP contribution in [0.2, 0.25) is 0 Å². The van der Waals surface area contributed by atoms with Gasteiger partial charge in [0, 0.05) is 6.54 Å². The van der Waals surface area contributed by atoms with E-state index < -0.39 is 0 Å². The van der Waals surface area contributed by atoms with E-state index in [2.05, 4.69) is 22.2 Å². The molecule has 0 bridgehead atoms. The van der Waals surface area contributed by atoms with Gasteiger partial charge in [0.25, 0.3) is 0 Å². The first-order chi connectivity index (χ1) is 6.27. The molecule has 2 rings (SSSR count). The number of H-pyrrole nitrogens is 1. The van der Waals surface area contributed by atoms with Crippen molar-refractivity contribution in [3.05, 3.63) is 5.69 Å². The molecule has 2 aromatic rings. The zero-order valence-electron chi connectivity index (χ0n) is 7.83. The van der Waals surface area contributed by atoms with Crippen molar-refractivity contribution >= 4 is 16.9 Å². The highest BCUT2D eigenvalue weighted by Gasteiger charge is 2.13. The Morgan fingerprint density at radius 2 is 2.23 bits per heavy atom. The summed E-state index contributed by atoms with van der Waals surface area (Å²) in [5.74, 6) is 0.617. The number of aryl methyl sites for hydroxylation is 2. The van der Waals surface area contributed by atoms with Gasteiger partial charge in [0.05, 0.1) is 11.1 Å². The maximum atomic E-state index is 5.75. The topological polar surface area (TPSA) is 72.5 Å². The maximum Gasteiger partial charge on any atom is 0.182 e. The van der Waals surface area contributed by atoms with E-state index in [1.165, 1.54) is 0 Å². The third-order valence-electron chi connectivity index (χ3n) is 2.18. The van der Waals surface area contributed by atoms with Crippen molar-refractivity contribution in [3.63, 3.8) is 0 Å². The number of anilines is 1. The first-order valence-corrected chi connectivity index (χ1v) is 4.47. The van der Waals surface area contributed by atoms with Crippen molar-refractivity contribution in [1.82, 2.24) is 20.0 Å². The molecule has 70 valence electrons. The second kappa shape index (κ2) is 2.76. The van der Waals surface area contributed by atoms with Crippen LogP contribution in [-0.4, -0.2) is 20.0 Å². The Balaban J connectivity index is 2.77. The molecular formula is C8H13N5. The predicted octanol–water partition coefficient (Wildman–Crippen LogP) is 0.924. The zero-order chi connectivity index (χ0) is 9.42. The Morgan fingerprint density at radius 3 is 2.85 bits per heavy atom. The van der Waals surface area contributed by atoms with Crippen molar-refractivity contribution < 1.29 is 0 Å². The second-order valence-electron chi connectivity index (χ2n) is 2.95. The molecule has 0 radical (unpaired) electrons. The number of fused-ring (bicyclic) bond motifs is 1. The molecule has 0 saturated carbocycles. The second-order valence-corrected chi connectivity index (χ2v) is 2.95. The minimum atomic E-state index is 0.617. The van der Waals surface area contributed by atoms with Crippen LogP contribution in [0.1, 0.15) is 19.5 Å². The van der Waals surface area contributed by atoms with Crippen LogP contribution in [0.25, 0.3) is 11.0 Å². The predicted molar refractivity (Wildman–Crippen MR) is 51.3 cm³/mol. The molecule has 0 fully saturated rings. The number of aromatic nitrogens is 4. The van der Waals surface area contributed by atoms with E-state index in [-0.39, 0.29) is 0 Å². The number of hydrogen-bond acceptors (Lipinski definition) is 3. The van der Waals surface area contributed by atoms with Crippen LogP contribution in [0, 0.1) is 0 Å². The van der Waals surface area contributed by atoms with Crippen LogP contribution >= 0.6 is 0 Å². The van der Waals surface area contributed by atoms with Crippen LogP contribution in [0.15, 0.2) is 0 Å². The number of hydrogen-bond donors (Lipinski definition) is 2. The summed E-state index contributed by atoms with van der Waals surface area (Å²) in [7, 11) is 0. The quantitative estimate of drug-likeness (QED) is 0.720. The van der Waals surface area contributed by atoms with Gasteiger partial charge in [-0.1, -0.05) is 6.92 Å². The molecule has 0 amide bonds. The van der Waals surface area contributed by atoms with Crippen LogP contribution in [0.3, 0.4) is 0 Å². The first-order valence-electron chi connectivity index (χ1n) is 4.47. The number of nitrogens with zero attached hydrogens (tertiary/aromatic N) is 3. The van der Waals surface area contributed by atoms with E-state index >= 15 is 0 Å². The van der Waals surface area contributed by atoms with E-state index in [4.69, 9.17) is 5.73 Å². The lowest BCUT2D eigenvalue weighted by atomic mass is 10.2. The van der Waals surface area contributed by atoms with Crippen molar-refractivity contribution in [3.8, 4) is 0 Å². The summed E-state index contributed by atoms with van der Waals surface area (Å²) in [6.45, 7) is 4.92. The molecule has 13 heavy (non-hydrogen) atoms. The largest absolute Gasteiger partial charge is 0.383 e. The lowest BCUT2D eigenvalue weighted by Crippen LogP contribution is -1.98. The summed E-state index contributed by atoms with van der Waals surface area (Å²) < 4.78 is 1.86. The van der Waals surface area contributed by atoms with E-state index in [9.17, 15) is 0 Å². The number of nitrogens with two attached hydrogens (primary N) is 1. The lowest BCUT2D eigenvalue weighted by Gasteiger charge is -1.92. The standard InChI is InChI=1S/C8H13N5/c1-3-5-6-7(9)10-11-8(6)13(4-2)12-5/h3-4H2,1-2H3,(H3,9,10,11). The van der Waals surface area contributed by atoms with Crippen LogP contribution < -0.4 is 5.73 Å². The minimum absolute atomic E-state index is 0.617. The fraction of sp³-hybridized carbons (Fsp3) is 0.500. The van der Waals surface area contributed by atoms with Gasteiger partial charge in [0.15, 0.2) is 5.65 Å². The number of aromatic amines is 1. The summed E-state index contributed by atoms with van der Waals surface area (Å²) in [6, 6.07) is 0. The first kappa shape index (κ1) is 8.10. The highest BCUT2D eigenvalue weighted by atomic mass is 15.3. The molecule has 0 aliphatic heterocycles. The monoisotopic (exact) mass is 179 g/mol. The Kier molecular flexibility index (Phi) is 1.72. The normalized spacial score (nSPS) is 11.2. The molecule has 0 unspecified atom stereocenters. The van der Waals surface area contributed by atoms with Crippen molar-refractivity contribution in [2.45, 2.75) is 26.8 Å². The van der Waals surface area contributed by atoms with E-state index in [1.54, 1.807) is 0 Å². The smallest absolute Gasteiger partial charge is 0.182 e. The SMILES string of the molecule is CCc1nn(CC)c2n[nH]c(N)c12. The third-order valence-corrected chi connectivity index (χ3v) is 2.18. The summed E-state index contributed by atoms with van der Waals surface area (Å²) in [6.07, 6.45) is 0.882. The van der Waals surface area contributed by atoms with Gasteiger partial charge >= 0.3 is 0 Å². The molecule has 0 aliphatic rings. The van der Waals surface area contributed by atoms with Crippen molar-refractivity contribution in [2.75, 3.05) is 5.73 Å². The Labute approximate surface area is 75.9 Å². The Bertz CT molecular complexity index is 425. The van der Waals surface area contributed by atoms with Gasteiger partial charge in [-0.15, -0.1) is 0 Å². The average molecular weight is 179 g/mol. The van der Waals surface area contributed by atoms with Crippen LogP contribution in [-0.2, 0) is 13.0 Å². The van der Waals surface area contributed by atoms with E-state index in [0.29, 0.717) is 5.82 Å². The molecule has 5 heteroatoms. The van der Waals surface area contributed by atoms with Gasteiger partial charge in [-0.3, -0.25) is 5.10 Å². The molecule has 0 spiro atoms. The summed E-state index contributed by atoms with van der Waals surface area (Å²) in [5, 5.41) is 12.3. The zero-order valence-corrected chi connectivity index (χ0v) is 7.83. The maximum absolute atomic E-state index is 5.75. The van der Waals surface area contributed by atoms with Crippen LogP contribution in [0.5, 0.6) is 0 Å². The van der Waals surface area contributed by atoms with E-state index in [0.717, 1.165) is 29.7 Å². The number of rotatable bonds is 2. The molecule has 5 nitrogen and oxygen atoms in total. The summed E-state index contributed by atoms with van der Waals surface area (Å²) in [4.78, 5) is 0. The third kappa shape index (κ3) is 0.998. The molecule has 2 aromatic heterocycles. The van der Waals surface area contributed by atoms with Gasteiger partial charge in [-0.2, -0.15) is 10.2 Å². The van der Waals surface area contributed by atoms with Gasteiger partial charge in [0.2, 0.25) is 0 Å². The molecule has 0 saturated heterocycles. The lowest BCUT2D eigenvalue weighted by molar-refractivity contribution is 0.660. The number of nitrogen functional groups attached to an aromatic ring is 1. The van der Waals surface area contributed by atoms with Gasteiger partial charge < -0.3 is 5.73 Å². The number of nitrogens with one attached hydrogen (secondary N) is 1. The van der Waals surface area contributed by atoms with Gasteiger partial charge in [-0.25, -0.2) is 4.68 Å². The Hall–Kier alpha value is -1.52. The highest BCUT2D eigenvalue weighted by molar-refractivity contribution is 5.88. The van der Waals surface area contributed by atoms with E-state index in [1.807, 2.05) is 11.6 Å². The molecule has 2 heterocycles. The van der Waals surface area contributed by atoms with Crippen molar-refractivity contribution in [1.29, 1.82) is 0 Å². The summed E-state index contributed by atoms with van der Waals surface area (Å²) >= 11 is 0. The molecular weight excluding hydrogens is 166 g/mol. The molecule has 0 atom stereocenters.